The minimum atomic E-state index is -0.678. The third kappa shape index (κ3) is 3.67. The molecule has 0 saturated heterocycles. The normalized spacial score (nSPS) is 17.3. The predicted octanol–water partition coefficient (Wildman–Crippen LogP) is 3.16. The fourth-order valence-electron chi connectivity index (χ4n) is 3.06. The van der Waals surface area contributed by atoms with Crippen LogP contribution in [0.4, 0.5) is 0 Å². The van der Waals surface area contributed by atoms with Crippen molar-refractivity contribution in [2.45, 2.75) is 49.2 Å². The number of hydrogen-bond acceptors (Lipinski definition) is 4. The first-order valence-electron chi connectivity index (χ1n) is 8.00. The van der Waals surface area contributed by atoms with Gasteiger partial charge >= 0.3 is 0 Å². The molecule has 0 aliphatic heterocycles. The molecule has 0 radical (unpaired) electrons. The topological polar surface area (TPSA) is 70.2 Å². The molecule has 0 spiro atoms. The summed E-state index contributed by atoms with van der Waals surface area (Å²) >= 11 is 1.40. The quantitative estimate of drug-likeness (QED) is 0.691. The number of rotatable bonds is 4. The molecular formula is C17H20N4OS. The molecule has 6 heteroatoms. The summed E-state index contributed by atoms with van der Waals surface area (Å²) in [6.45, 7) is 0. The fourth-order valence-corrected chi connectivity index (χ4v) is 3.82. The van der Waals surface area contributed by atoms with E-state index in [1.807, 2.05) is 28.8 Å². The van der Waals surface area contributed by atoms with Crippen LogP contribution in [0.25, 0.3) is 5.52 Å². The van der Waals surface area contributed by atoms with Gasteiger partial charge < -0.3 is 5.32 Å². The maximum absolute atomic E-state index is 12.3. The number of nitriles is 1. The van der Waals surface area contributed by atoms with Gasteiger partial charge in [-0.3, -0.25) is 9.20 Å². The van der Waals surface area contributed by atoms with Crippen LogP contribution in [0, 0.1) is 11.3 Å². The minimum absolute atomic E-state index is 0.0915. The number of pyridine rings is 1. The van der Waals surface area contributed by atoms with Crippen LogP contribution in [-0.2, 0) is 4.79 Å². The van der Waals surface area contributed by atoms with Crippen molar-refractivity contribution in [1.82, 2.24) is 14.7 Å². The number of fused-ring (bicyclic) bond motifs is 1. The van der Waals surface area contributed by atoms with Gasteiger partial charge in [-0.2, -0.15) is 5.26 Å². The highest BCUT2D eigenvalue weighted by molar-refractivity contribution is 7.99. The van der Waals surface area contributed by atoms with E-state index in [2.05, 4.69) is 16.4 Å². The number of nitrogens with zero attached hydrogens (tertiary/aromatic N) is 3. The molecule has 5 nitrogen and oxygen atoms in total. The molecule has 120 valence electrons. The molecule has 3 rings (SSSR count). The summed E-state index contributed by atoms with van der Waals surface area (Å²) in [7, 11) is 0. The largest absolute Gasteiger partial charge is 0.337 e. The molecule has 0 atom stereocenters. The average Bonchev–Trinajstić information content (AvgIpc) is 2.84. The minimum Gasteiger partial charge on any atom is -0.337 e. The molecule has 23 heavy (non-hydrogen) atoms. The Balaban J connectivity index is 1.62. The average molecular weight is 328 g/mol. The van der Waals surface area contributed by atoms with Gasteiger partial charge in [0, 0.05) is 6.20 Å². The van der Waals surface area contributed by atoms with Crippen molar-refractivity contribution in [3.8, 4) is 6.07 Å². The number of nitrogens with one attached hydrogen (secondary N) is 1. The molecule has 0 aromatic carbocycles. The number of hydrogen-bond donors (Lipinski definition) is 1. The van der Waals surface area contributed by atoms with E-state index in [-0.39, 0.29) is 11.7 Å². The number of aromatic nitrogens is 2. The van der Waals surface area contributed by atoms with Crippen LogP contribution in [0.2, 0.25) is 0 Å². The third-order valence-corrected chi connectivity index (χ3v) is 5.25. The van der Waals surface area contributed by atoms with Crippen molar-refractivity contribution in [3.05, 3.63) is 30.6 Å². The fraction of sp³-hybridized carbons (Fsp3) is 0.471. The van der Waals surface area contributed by atoms with E-state index in [0.717, 1.165) is 49.2 Å². The molecule has 2 aromatic rings. The second-order valence-electron chi connectivity index (χ2n) is 5.98. The lowest BCUT2D eigenvalue weighted by Gasteiger charge is -2.26. The molecular weight excluding hydrogens is 308 g/mol. The van der Waals surface area contributed by atoms with Gasteiger partial charge in [-0.05, 0) is 25.0 Å². The summed E-state index contributed by atoms with van der Waals surface area (Å²) < 4.78 is 1.96. The number of thioether (sulfide) groups is 1. The molecule has 0 unspecified atom stereocenters. The van der Waals surface area contributed by atoms with Crippen molar-refractivity contribution in [2.75, 3.05) is 5.75 Å². The molecule has 1 aliphatic rings. The van der Waals surface area contributed by atoms with E-state index in [1.54, 1.807) is 6.20 Å². The van der Waals surface area contributed by atoms with Crippen LogP contribution in [-0.4, -0.2) is 26.6 Å². The van der Waals surface area contributed by atoms with Gasteiger partial charge in [0.2, 0.25) is 5.91 Å². The monoisotopic (exact) mass is 328 g/mol. The molecule has 1 N–H and O–H groups in total. The summed E-state index contributed by atoms with van der Waals surface area (Å²) in [5.74, 6) is 0.184. The zero-order valence-corrected chi connectivity index (χ0v) is 13.8. The smallest absolute Gasteiger partial charge is 0.231 e. The first-order chi connectivity index (χ1) is 11.2. The van der Waals surface area contributed by atoms with Gasteiger partial charge in [-0.1, -0.05) is 43.5 Å². The number of imidazole rings is 1. The lowest BCUT2D eigenvalue weighted by atomic mass is 9.92. The van der Waals surface area contributed by atoms with Crippen molar-refractivity contribution >= 4 is 23.2 Å². The second kappa shape index (κ2) is 7.05. The summed E-state index contributed by atoms with van der Waals surface area (Å²) in [5.41, 5.74) is 0.329. The number of carbonyl (C=O) groups excluding carboxylic acids is 1. The van der Waals surface area contributed by atoms with Gasteiger partial charge in [0.05, 0.1) is 23.5 Å². The molecule has 1 fully saturated rings. The molecule has 2 aromatic heterocycles. The predicted molar refractivity (Wildman–Crippen MR) is 90.1 cm³/mol. The summed E-state index contributed by atoms with van der Waals surface area (Å²) in [4.78, 5) is 16.6. The third-order valence-electron chi connectivity index (χ3n) is 4.29. The van der Waals surface area contributed by atoms with Crippen LogP contribution in [0.5, 0.6) is 0 Å². The first kappa shape index (κ1) is 15.9. The highest BCUT2D eigenvalue weighted by Crippen LogP contribution is 2.27. The van der Waals surface area contributed by atoms with Gasteiger partial charge in [0.25, 0.3) is 0 Å². The SMILES string of the molecule is N#CC1(NC(=O)CSc2ncc3ccccn23)CCCCCC1. The summed E-state index contributed by atoms with van der Waals surface area (Å²) in [5, 5.41) is 13.3. The van der Waals surface area contributed by atoms with Crippen LogP contribution in [0.3, 0.4) is 0 Å². The van der Waals surface area contributed by atoms with E-state index in [1.165, 1.54) is 11.8 Å². The Labute approximate surface area is 140 Å². The van der Waals surface area contributed by atoms with Crippen LogP contribution in [0.15, 0.2) is 35.7 Å². The van der Waals surface area contributed by atoms with E-state index >= 15 is 0 Å². The summed E-state index contributed by atoms with van der Waals surface area (Å²) in [6, 6.07) is 8.23. The van der Waals surface area contributed by atoms with Gasteiger partial charge in [0.15, 0.2) is 5.16 Å². The van der Waals surface area contributed by atoms with Crippen molar-refractivity contribution < 1.29 is 4.79 Å². The molecule has 1 aliphatic carbocycles. The van der Waals surface area contributed by atoms with Gasteiger partial charge in [0.1, 0.15) is 5.54 Å². The molecule has 0 bridgehead atoms. The number of amides is 1. The Kier molecular flexibility index (Phi) is 4.87. The van der Waals surface area contributed by atoms with Crippen molar-refractivity contribution in [1.29, 1.82) is 5.26 Å². The Morgan fingerprint density at radius 2 is 2.13 bits per heavy atom. The van der Waals surface area contributed by atoms with E-state index in [4.69, 9.17) is 0 Å². The van der Waals surface area contributed by atoms with Gasteiger partial charge in [-0.15, -0.1) is 0 Å². The second-order valence-corrected chi connectivity index (χ2v) is 6.92. The van der Waals surface area contributed by atoms with E-state index < -0.39 is 5.54 Å². The highest BCUT2D eigenvalue weighted by Gasteiger charge is 2.32. The Morgan fingerprint density at radius 1 is 1.35 bits per heavy atom. The maximum Gasteiger partial charge on any atom is 0.231 e. The van der Waals surface area contributed by atoms with Crippen molar-refractivity contribution in [2.24, 2.45) is 0 Å². The molecule has 1 saturated carbocycles. The first-order valence-corrected chi connectivity index (χ1v) is 8.98. The lowest BCUT2D eigenvalue weighted by molar-refractivity contribution is -0.120. The van der Waals surface area contributed by atoms with Crippen LogP contribution < -0.4 is 5.32 Å². The van der Waals surface area contributed by atoms with E-state index in [9.17, 15) is 10.1 Å². The Hall–Kier alpha value is -2.00. The maximum atomic E-state index is 12.3. The molecule has 2 heterocycles. The van der Waals surface area contributed by atoms with Crippen LogP contribution in [0.1, 0.15) is 38.5 Å². The summed E-state index contributed by atoms with van der Waals surface area (Å²) in [6.07, 6.45) is 9.55. The Bertz CT molecular complexity index is 726. The van der Waals surface area contributed by atoms with Gasteiger partial charge in [-0.25, -0.2) is 4.98 Å². The lowest BCUT2D eigenvalue weighted by Crippen LogP contribution is -2.47. The zero-order chi connectivity index (χ0) is 16.1. The van der Waals surface area contributed by atoms with Crippen molar-refractivity contribution in [3.63, 3.8) is 0 Å². The molecule has 1 amide bonds. The van der Waals surface area contributed by atoms with E-state index in [0.29, 0.717) is 0 Å². The Morgan fingerprint density at radius 3 is 2.87 bits per heavy atom. The highest BCUT2D eigenvalue weighted by atomic mass is 32.2. The van der Waals surface area contributed by atoms with Crippen LogP contribution >= 0.6 is 11.8 Å². The zero-order valence-electron chi connectivity index (χ0n) is 13.0. The number of carbonyl (C=O) groups is 1. The standard InChI is InChI=1S/C17H20N4OS/c18-13-17(8-4-1-2-5-9-17)20-15(22)12-23-16-19-11-14-7-3-6-10-21(14)16/h3,6-7,10-11H,1-2,4-5,8-9,12H2,(H,20,22).